The Morgan fingerprint density at radius 1 is 1.00 bits per heavy atom. The zero-order chi connectivity index (χ0) is 14.5. The fourth-order valence-electron chi connectivity index (χ4n) is 1.73. The molecule has 2 aromatic carbocycles. The topological polar surface area (TPSA) is 53.7 Å². The Morgan fingerprint density at radius 2 is 1.65 bits per heavy atom. The Labute approximate surface area is 126 Å². The first-order valence-electron chi connectivity index (χ1n) is 6.02. The summed E-state index contributed by atoms with van der Waals surface area (Å²) in [5.41, 5.74) is 7.44. The van der Waals surface area contributed by atoms with Gasteiger partial charge in [0.25, 0.3) is 0 Å². The van der Waals surface area contributed by atoms with Gasteiger partial charge in [-0.25, -0.2) is 0 Å². The van der Waals surface area contributed by atoms with Gasteiger partial charge in [-0.2, -0.15) is 0 Å². The molecule has 2 N–H and O–H groups in total. The minimum atomic E-state index is 0.397. The molecule has 5 heteroatoms. The maximum absolute atomic E-state index is 5.91. The van der Waals surface area contributed by atoms with E-state index in [-0.39, 0.29) is 0 Å². The first-order chi connectivity index (χ1) is 9.63. The standard InChI is InChI=1S/C15H16BrNO3/c1-18-11-3-5-13(16)10(7-11)9-20-15-6-4-12(19-2)8-14(15)17/h3-8H,9,17H2,1-2H3. The molecule has 0 aliphatic carbocycles. The lowest BCUT2D eigenvalue weighted by Gasteiger charge is -2.12. The molecule has 4 nitrogen and oxygen atoms in total. The number of ether oxygens (including phenoxy) is 3. The van der Waals surface area contributed by atoms with Crippen molar-refractivity contribution in [3.05, 3.63) is 46.4 Å². The molecule has 0 spiro atoms. The third-order valence-corrected chi connectivity index (χ3v) is 3.63. The number of benzene rings is 2. The molecule has 2 aromatic rings. The first-order valence-corrected chi connectivity index (χ1v) is 6.82. The highest BCUT2D eigenvalue weighted by Crippen LogP contribution is 2.29. The summed E-state index contributed by atoms with van der Waals surface area (Å²) in [6.45, 7) is 0.397. The number of halogens is 1. The summed E-state index contributed by atoms with van der Waals surface area (Å²) in [5.74, 6) is 2.12. The van der Waals surface area contributed by atoms with Crippen LogP contribution in [0.2, 0.25) is 0 Å². The lowest BCUT2D eigenvalue weighted by molar-refractivity contribution is 0.305. The van der Waals surface area contributed by atoms with Crippen LogP contribution in [0.25, 0.3) is 0 Å². The monoisotopic (exact) mass is 337 g/mol. The summed E-state index contributed by atoms with van der Waals surface area (Å²) in [5, 5.41) is 0. The van der Waals surface area contributed by atoms with E-state index in [4.69, 9.17) is 19.9 Å². The van der Waals surface area contributed by atoms with Gasteiger partial charge < -0.3 is 19.9 Å². The normalized spacial score (nSPS) is 10.2. The number of anilines is 1. The second kappa shape index (κ2) is 6.52. The van der Waals surface area contributed by atoms with E-state index < -0.39 is 0 Å². The van der Waals surface area contributed by atoms with E-state index >= 15 is 0 Å². The number of nitrogens with two attached hydrogens (primary N) is 1. The first kappa shape index (κ1) is 14.5. The highest BCUT2D eigenvalue weighted by Gasteiger charge is 2.06. The average molecular weight is 338 g/mol. The van der Waals surface area contributed by atoms with Crippen LogP contribution in [-0.4, -0.2) is 14.2 Å². The SMILES string of the molecule is COc1ccc(OCc2cc(OC)ccc2Br)c(N)c1. The highest BCUT2D eigenvalue weighted by atomic mass is 79.9. The Hall–Kier alpha value is -1.88. The van der Waals surface area contributed by atoms with Gasteiger partial charge in [-0.3, -0.25) is 0 Å². The van der Waals surface area contributed by atoms with Gasteiger partial charge in [0, 0.05) is 16.1 Å². The number of hydrogen-bond acceptors (Lipinski definition) is 4. The second-order valence-electron chi connectivity index (χ2n) is 4.15. The third kappa shape index (κ3) is 3.36. The van der Waals surface area contributed by atoms with Crippen LogP contribution < -0.4 is 19.9 Å². The molecule has 20 heavy (non-hydrogen) atoms. The molecule has 2 rings (SSSR count). The van der Waals surface area contributed by atoms with Gasteiger partial charge in [-0.15, -0.1) is 0 Å². The molecule has 0 radical (unpaired) electrons. The van der Waals surface area contributed by atoms with Crippen LogP contribution >= 0.6 is 15.9 Å². The second-order valence-corrected chi connectivity index (χ2v) is 5.00. The largest absolute Gasteiger partial charge is 0.497 e. The van der Waals surface area contributed by atoms with Gasteiger partial charge in [-0.1, -0.05) is 15.9 Å². The Morgan fingerprint density at radius 3 is 2.30 bits per heavy atom. The molecule has 0 aromatic heterocycles. The fraction of sp³-hybridized carbons (Fsp3) is 0.200. The summed E-state index contributed by atoms with van der Waals surface area (Å²) in [6, 6.07) is 11.1. The van der Waals surface area contributed by atoms with E-state index in [0.717, 1.165) is 15.8 Å². The van der Waals surface area contributed by atoms with Crippen LogP contribution in [0.15, 0.2) is 40.9 Å². The third-order valence-electron chi connectivity index (χ3n) is 2.85. The maximum atomic E-state index is 5.91. The van der Waals surface area contributed by atoms with Gasteiger partial charge in [0.1, 0.15) is 23.9 Å². The molecule has 0 aliphatic heterocycles. The Bertz CT molecular complexity index is 602. The number of rotatable bonds is 5. The van der Waals surface area contributed by atoms with E-state index in [2.05, 4.69) is 15.9 Å². The number of methoxy groups -OCH3 is 2. The van der Waals surface area contributed by atoms with E-state index in [1.54, 1.807) is 26.4 Å². The smallest absolute Gasteiger partial charge is 0.142 e. The molecule has 0 amide bonds. The van der Waals surface area contributed by atoms with Gasteiger partial charge >= 0.3 is 0 Å². The molecule has 0 fully saturated rings. The molecule has 0 saturated heterocycles. The fourth-order valence-corrected chi connectivity index (χ4v) is 2.09. The molecule has 0 unspecified atom stereocenters. The molecule has 106 valence electrons. The maximum Gasteiger partial charge on any atom is 0.142 e. The molecular weight excluding hydrogens is 322 g/mol. The minimum Gasteiger partial charge on any atom is -0.497 e. The molecule has 0 bridgehead atoms. The van der Waals surface area contributed by atoms with Crippen LogP contribution in [0.3, 0.4) is 0 Å². The zero-order valence-electron chi connectivity index (χ0n) is 11.4. The van der Waals surface area contributed by atoms with Crippen molar-refractivity contribution >= 4 is 21.6 Å². The van der Waals surface area contributed by atoms with Crippen LogP contribution in [0.1, 0.15) is 5.56 Å². The van der Waals surface area contributed by atoms with E-state index in [0.29, 0.717) is 23.8 Å². The van der Waals surface area contributed by atoms with Crippen molar-refractivity contribution in [1.29, 1.82) is 0 Å². The quantitative estimate of drug-likeness (QED) is 0.846. The van der Waals surface area contributed by atoms with Crippen molar-refractivity contribution < 1.29 is 14.2 Å². The summed E-state index contributed by atoms with van der Waals surface area (Å²) < 4.78 is 17.0. The molecular formula is C15H16BrNO3. The van der Waals surface area contributed by atoms with Crippen molar-refractivity contribution in [3.8, 4) is 17.2 Å². The summed E-state index contributed by atoms with van der Waals surface area (Å²) >= 11 is 3.49. The zero-order valence-corrected chi connectivity index (χ0v) is 12.9. The van der Waals surface area contributed by atoms with Crippen molar-refractivity contribution in [2.75, 3.05) is 20.0 Å². The van der Waals surface area contributed by atoms with Crippen molar-refractivity contribution in [2.24, 2.45) is 0 Å². The van der Waals surface area contributed by atoms with Crippen LogP contribution in [0.4, 0.5) is 5.69 Å². The molecule has 0 atom stereocenters. The number of nitrogen functional groups attached to an aromatic ring is 1. The molecule has 0 saturated carbocycles. The predicted octanol–water partition coefficient (Wildman–Crippen LogP) is 3.63. The molecule has 0 aliphatic rings. The average Bonchev–Trinajstić information content (AvgIpc) is 2.47. The van der Waals surface area contributed by atoms with Crippen molar-refractivity contribution in [3.63, 3.8) is 0 Å². The van der Waals surface area contributed by atoms with Gasteiger partial charge in [0.15, 0.2) is 0 Å². The van der Waals surface area contributed by atoms with Gasteiger partial charge in [0.2, 0.25) is 0 Å². The Kier molecular flexibility index (Phi) is 4.74. The predicted molar refractivity (Wildman–Crippen MR) is 82.4 cm³/mol. The summed E-state index contributed by atoms with van der Waals surface area (Å²) in [6.07, 6.45) is 0. The van der Waals surface area contributed by atoms with Gasteiger partial charge in [-0.05, 0) is 30.3 Å². The van der Waals surface area contributed by atoms with E-state index in [1.165, 1.54) is 0 Å². The minimum absolute atomic E-state index is 0.397. The van der Waals surface area contributed by atoms with Crippen LogP contribution in [-0.2, 0) is 6.61 Å². The van der Waals surface area contributed by atoms with Crippen molar-refractivity contribution in [2.45, 2.75) is 6.61 Å². The lowest BCUT2D eigenvalue weighted by Crippen LogP contribution is -2.00. The molecule has 0 heterocycles. The van der Waals surface area contributed by atoms with E-state index in [9.17, 15) is 0 Å². The van der Waals surface area contributed by atoms with Crippen molar-refractivity contribution in [1.82, 2.24) is 0 Å². The summed E-state index contributed by atoms with van der Waals surface area (Å²) in [4.78, 5) is 0. The van der Waals surface area contributed by atoms with Crippen LogP contribution in [0.5, 0.6) is 17.2 Å². The lowest BCUT2D eigenvalue weighted by atomic mass is 10.2. The van der Waals surface area contributed by atoms with E-state index in [1.807, 2.05) is 24.3 Å². The Balaban J connectivity index is 2.12. The highest BCUT2D eigenvalue weighted by molar-refractivity contribution is 9.10. The summed E-state index contributed by atoms with van der Waals surface area (Å²) in [7, 11) is 3.23. The van der Waals surface area contributed by atoms with Gasteiger partial charge in [0.05, 0.1) is 19.9 Å². The van der Waals surface area contributed by atoms with Crippen LogP contribution in [0, 0.1) is 0 Å². The number of hydrogen-bond donors (Lipinski definition) is 1.